The summed E-state index contributed by atoms with van der Waals surface area (Å²) in [6.07, 6.45) is 4.09. The lowest BCUT2D eigenvalue weighted by atomic mass is 10.2. The first-order valence-corrected chi connectivity index (χ1v) is 11.3. The molecule has 2 aromatic carbocycles. The summed E-state index contributed by atoms with van der Waals surface area (Å²) >= 11 is 1.48. The normalized spacial score (nSPS) is 18.1. The zero-order chi connectivity index (χ0) is 20.8. The fourth-order valence-corrected chi connectivity index (χ4v) is 4.44. The van der Waals surface area contributed by atoms with Crippen LogP contribution >= 0.6 is 11.8 Å². The Morgan fingerprint density at radius 2 is 1.70 bits per heavy atom. The predicted octanol–water partition coefficient (Wildman–Crippen LogP) is 4.66. The van der Waals surface area contributed by atoms with E-state index in [1.807, 2.05) is 36.4 Å². The maximum Gasteiger partial charge on any atom is 0.286 e. The van der Waals surface area contributed by atoms with E-state index in [-0.39, 0.29) is 5.91 Å². The van der Waals surface area contributed by atoms with Gasteiger partial charge in [0.15, 0.2) is 5.17 Å². The highest BCUT2D eigenvalue weighted by atomic mass is 32.2. The molecule has 1 saturated heterocycles. The molecule has 30 heavy (non-hydrogen) atoms. The van der Waals surface area contributed by atoms with Gasteiger partial charge in [-0.3, -0.25) is 4.79 Å². The topological polar surface area (TPSA) is 45.1 Å². The first-order valence-electron chi connectivity index (χ1n) is 10.5. The SMILES string of the molecule is CCCCOc1ccc(/C=C2/SC(N3CCN(c4ccccc4)CC3)=NC2=O)cc1. The number of aliphatic imine (C=N–C) groups is 1. The molecule has 0 aromatic heterocycles. The highest BCUT2D eigenvalue weighted by Gasteiger charge is 2.28. The number of hydrogen-bond donors (Lipinski definition) is 0. The van der Waals surface area contributed by atoms with E-state index >= 15 is 0 Å². The van der Waals surface area contributed by atoms with Crippen molar-refractivity contribution in [2.24, 2.45) is 4.99 Å². The zero-order valence-electron chi connectivity index (χ0n) is 17.3. The summed E-state index contributed by atoms with van der Waals surface area (Å²) in [7, 11) is 0. The maximum absolute atomic E-state index is 12.4. The molecule has 5 nitrogen and oxygen atoms in total. The second kappa shape index (κ2) is 9.85. The Labute approximate surface area is 182 Å². The Kier molecular flexibility index (Phi) is 6.74. The largest absolute Gasteiger partial charge is 0.494 e. The van der Waals surface area contributed by atoms with Crippen molar-refractivity contribution in [3.8, 4) is 5.75 Å². The number of amidine groups is 1. The number of carbonyl (C=O) groups excluding carboxylic acids is 1. The summed E-state index contributed by atoms with van der Waals surface area (Å²) in [5.41, 5.74) is 2.23. The number of benzene rings is 2. The summed E-state index contributed by atoms with van der Waals surface area (Å²) < 4.78 is 5.70. The monoisotopic (exact) mass is 421 g/mol. The first-order chi connectivity index (χ1) is 14.7. The van der Waals surface area contributed by atoms with Crippen LogP contribution in [0.1, 0.15) is 25.3 Å². The molecule has 0 aliphatic carbocycles. The van der Waals surface area contributed by atoms with Crippen molar-refractivity contribution in [1.82, 2.24) is 4.90 Å². The van der Waals surface area contributed by atoms with Crippen molar-refractivity contribution >= 4 is 34.6 Å². The van der Waals surface area contributed by atoms with Gasteiger partial charge in [-0.2, -0.15) is 4.99 Å². The summed E-state index contributed by atoms with van der Waals surface area (Å²) in [6, 6.07) is 18.3. The van der Waals surface area contributed by atoms with E-state index in [9.17, 15) is 4.79 Å². The smallest absolute Gasteiger partial charge is 0.286 e. The quantitative estimate of drug-likeness (QED) is 0.501. The van der Waals surface area contributed by atoms with Gasteiger partial charge in [0.05, 0.1) is 11.5 Å². The molecule has 0 N–H and O–H groups in total. The first kappa shape index (κ1) is 20.5. The van der Waals surface area contributed by atoms with Crippen LogP contribution in [0.15, 0.2) is 64.5 Å². The molecule has 0 radical (unpaired) electrons. The number of amides is 1. The highest BCUT2D eigenvalue weighted by molar-refractivity contribution is 8.18. The number of unbranched alkanes of at least 4 members (excludes halogenated alkanes) is 1. The van der Waals surface area contributed by atoms with Crippen molar-refractivity contribution in [2.45, 2.75) is 19.8 Å². The molecule has 1 amide bonds. The van der Waals surface area contributed by atoms with Gasteiger partial charge in [-0.25, -0.2) is 0 Å². The van der Waals surface area contributed by atoms with E-state index in [1.165, 1.54) is 17.4 Å². The lowest BCUT2D eigenvalue weighted by molar-refractivity contribution is -0.113. The van der Waals surface area contributed by atoms with Crippen LogP contribution in [0.5, 0.6) is 5.75 Å². The molecule has 2 heterocycles. The number of thioether (sulfide) groups is 1. The van der Waals surface area contributed by atoms with Crippen LogP contribution in [0.4, 0.5) is 5.69 Å². The lowest BCUT2D eigenvalue weighted by Gasteiger charge is -2.36. The van der Waals surface area contributed by atoms with Gasteiger partial charge in [0.2, 0.25) is 0 Å². The van der Waals surface area contributed by atoms with Crippen molar-refractivity contribution in [2.75, 3.05) is 37.7 Å². The zero-order valence-corrected chi connectivity index (χ0v) is 18.1. The van der Waals surface area contributed by atoms with Crippen LogP contribution in [0.3, 0.4) is 0 Å². The van der Waals surface area contributed by atoms with Gasteiger partial charge in [-0.15, -0.1) is 0 Å². The Bertz CT molecular complexity index is 917. The number of para-hydroxylation sites is 1. The van der Waals surface area contributed by atoms with E-state index in [2.05, 4.69) is 46.0 Å². The minimum atomic E-state index is -0.149. The van der Waals surface area contributed by atoms with Crippen LogP contribution in [0.2, 0.25) is 0 Å². The third kappa shape index (κ3) is 5.05. The maximum atomic E-state index is 12.4. The number of rotatable bonds is 6. The average Bonchev–Trinajstić information content (AvgIpc) is 3.16. The van der Waals surface area contributed by atoms with Crippen LogP contribution in [0.25, 0.3) is 6.08 Å². The number of nitrogens with zero attached hydrogens (tertiary/aromatic N) is 3. The minimum absolute atomic E-state index is 0.149. The van der Waals surface area contributed by atoms with E-state index in [1.54, 1.807) is 0 Å². The van der Waals surface area contributed by atoms with Crippen LogP contribution in [-0.2, 0) is 4.79 Å². The standard InChI is InChI=1S/C24H27N3O2S/c1-2-3-17-29-21-11-9-19(10-12-21)18-22-23(28)25-24(30-22)27-15-13-26(14-16-27)20-7-5-4-6-8-20/h4-12,18H,2-3,13-17H2,1H3/b22-18+. The summed E-state index contributed by atoms with van der Waals surface area (Å²) in [5.74, 6) is 0.716. The molecule has 2 aromatic rings. The summed E-state index contributed by atoms with van der Waals surface area (Å²) in [4.78, 5) is 22.0. The molecule has 2 aliphatic heterocycles. The molecular weight excluding hydrogens is 394 g/mol. The van der Waals surface area contributed by atoms with E-state index in [0.29, 0.717) is 4.91 Å². The van der Waals surface area contributed by atoms with Crippen LogP contribution < -0.4 is 9.64 Å². The van der Waals surface area contributed by atoms with Gasteiger partial charge >= 0.3 is 0 Å². The van der Waals surface area contributed by atoms with Gasteiger partial charge in [0, 0.05) is 31.9 Å². The molecule has 2 aliphatic rings. The Hall–Kier alpha value is -2.73. The van der Waals surface area contributed by atoms with Crippen molar-refractivity contribution in [3.63, 3.8) is 0 Å². The van der Waals surface area contributed by atoms with Crippen LogP contribution in [-0.4, -0.2) is 48.8 Å². The third-order valence-electron chi connectivity index (χ3n) is 5.23. The van der Waals surface area contributed by atoms with Gasteiger partial charge in [-0.05, 0) is 54.1 Å². The van der Waals surface area contributed by atoms with Crippen LogP contribution in [0, 0.1) is 0 Å². The fraction of sp³-hybridized carbons (Fsp3) is 0.333. The van der Waals surface area contributed by atoms with Gasteiger partial charge in [0.1, 0.15) is 5.75 Å². The van der Waals surface area contributed by atoms with Crippen molar-refractivity contribution in [1.29, 1.82) is 0 Å². The van der Waals surface area contributed by atoms with E-state index < -0.39 is 0 Å². The molecule has 6 heteroatoms. The summed E-state index contributed by atoms with van der Waals surface area (Å²) in [6.45, 7) is 6.47. The number of hydrogen-bond acceptors (Lipinski definition) is 5. The molecular formula is C24H27N3O2S. The third-order valence-corrected chi connectivity index (χ3v) is 6.27. The predicted molar refractivity (Wildman–Crippen MR) is 125 cm³/mol. The minimum Gasteiger partial charge on any atom is -0.494 e. The number of carbonyl (C=O) groups is 1. The number of piperazine rings is 1. The fourth-order valence-electron chi connectivity index (χ4n) is 3.47. The molecule has 156 valence electrons. The van der Waals surface area contributed by atoms with E-state index in [0.717, 1.165) is 62.1 Å². The Morgan fingerprint density at radius 1 is 1.00 bits per heavy atom. The Morgan fingerprint density at radius 3 is 2.40 bits per heavy atom. The molecule has 0 saturated carbocycles. The summed E-state index contributed by atoms with van der Waals surface area (Å²) in [5, 5.41) is 0.818. The molecule has 0 atom stereocenters. The molecule has 4 rings (SSSR count). The van der Waals surface area contributed by atoms with Gasteiger partial charge in [0.25, 0.3) is 5.91 Å². The molecule has 1 fully saturated rings. The second-order valence-electron chi connectivity index (χ2n) is 7.39. The van der Waals surface area contributed by atoms with Crippen molar-refractivity contribution in [3.05, 3.63) is 65.1 Å². The molecule has 0 bridgehead atoms. The molecule has 0 spiro atoms. The van der Waals surface area contributed by atoms with Crippen molar-refractivity contribution < 1.29 is 9.53 Å². The second-order valence-corrected chi connectivity index (χ2v) is 8.40. The van der Waals surface area contributed by atoms with E-state index in [4.69, 9.17) is 4.74 Å². The highest BCUT2D eigenvalue weighted by Crippen LogP contribution is 2.31. The van der Waals surface area contributed by atoms with Gasteiger partial charge in [-0.1, -0.05) is 43.7 Å². The Balaban J connectivity index is 1.33. The molecule has 0 unspecified atom stereocenters. The lowest BCUT2D eigenvalue weighted by Crippen LogP contribution is -2.47. The average molecular weight is 422 g/mol. The number of ether oxygens (including phenoxy) is 1. The number of anilines is 1. The van der Waals surface area contributed by atoms with Gasteiger partial charge < -0.3 is 14.5 Å².